The number of carbonyl (C=O) groups is 1. The SMILES string of the molecule is CC(C)(C)OC(=O)N1CCN(c2nccc3sc(S(=O)(=O)NCCC(c4ccccc4)c4ccccc4)cc23)CC1. The maximum Gasteiger partial charge on any atom is 0.410 e. The van der Waals surface area contributed by atoms with E-state index in [1.807, 2.05) is 63.2 Å². The standard InChI is InChI=1S/C31H36N4O4S2/c1-31(2,3)39-30(36)35-20-18-34(19-21-35)29-26-22-28(40-27(26)15-16-32-29)41(37,38)33-17-14-25(23-10-6-4-7-11-23)24-12-8-5-9-13-24/h4-13,15-16,22,25,33H,14,17-21H2,1-3H3. The maximum absolute atomic E-state index is 13.4. The van der Waals surface area contributed by atoms with Crippen LogP contribution in [0.5, 0.6) is 0 Å². The van der Waals surface area contributed by atoms with E-state index in [0.29, 0.717) is 39.1 Å². The van der Waals surface area contributed by atoms with Gasteiger partial charge in [-0.3, -0.25) is 0 Å². The second kappa shape index (κ2) is 12.2. The molecular formula is C31H36N4O4S2. The van der Waals surface area contributed by atoms with Crippen molar-refractivity contribution < 1.29 is 17.9 Å². The second-order valence-corrected chi connectivity index (χ2v) is 14.2. The number of pyridine rings is 1. The van der Waals surface area contributed by atoms with E-state index in [4.69, 9.17) is 4.74 Å². The number of aromatic nitrogens is 1. The molecule has 2 aromatic carbocycles. The molecule has 1 saturated heterocycles. The molecule has 0 saturated carbocycles. The number of hydrogen-bond donors (Lipinski definition) is 1. The van der Waals surface area contributed by atoms with Crippen LogP contribution in [0, 0.1) is 0 Å². The van der Waals surface area contributed by atoms with Crippen LogP contribution in [0.15, 0.2) is 83.2 Å². The zero-order valence-corrected chi connectivity index (χ0v) is 25.2. The lowest BCUT2D eigenvalue weighted by Gasteiger charge is -2.36. The summed E-state index contributed by atoms with van der Waals surface area (Å²) < 4.78 is 36.2. The van der Waals surface area contributed by atoms with Gasteiger partial charge in [-0.2, -0.15) is 0 Å². The van der Waals surface area contributed by atoms with E-state index in [1.54, 1.807) is 17.2 Å². The number of fused-ring (bicyclic) bond motifs is 1. The van der Waals surface area contributed by atoms with Crippen LogP contribution < -0.4 is 9.62 Å². The Morgan fingerprint density at radius 1 is 0.976 bits per heavy atom. The smallest absolute Gasteiger partial charge is 0.410 e. The molecule has 8 nitrogen and oxygen atoms in total. The predicted octanol–water partition coefficient (Wildman–Crippen LogP) is 5.85. The van der Waals surface area contributed by atoms with Crippen LogP contribution in [0.3, 0.4) is 0 Å². The van der Waals surface area contributed by atoms with Crippen molar-refractivity contribution in [2.75, 3.05) is 37.6 Å². The fourth-order valence-corrected chi connectivity index (χ4v) is 7.51. The second-order valence-electron chi connectivity index (χ2n) is 11.1. The molecule has 1 amide bonds. The number of ether oxygens (including phenoxy) is 1. The first-order valence-corrected chi connectivity index (χ1v) is 16.1. The van der Waals surface area contributed by atoms with E-state index in [-0.39, 0.29) is 16.2 Å². The van der Waals surface area contributed by atoms with Gasteiger partial charge in [0.15, 0.2) is 0 Å². The number of sulfonamides is 1. The lowest BCUT2D eigenvalue weighted by Crippen LogP contribution is -2.50. The number of hydrogen-bond acceptors (Lipinski definition) is 7. The van der Waals surface area contributed by atoms with Crippen molar-refractivity contribution in [2.45, 2.75) is 42.9 Å². The molecular weight excluding hydrogens is 556 g/mol. The highest BCUT2D eigenvalue weighted by molar-refractivity contribution is 7.91. The number of carbonyl (C=O) groups excluding carboxylic acids is 1. The van der Waals surface area contributed by atoms with Gasteiger partial charge in [0.2, 0.25) is 10.0 Å². The van der Waals surface area contributed by atoms with Gasteiger partial charge in [-0.05, 0) is 50.5 Å². The third-order valence-electron chi connectivity index (χ3n) is 7.03. The van der Waals surface area contributed by atoms with Crippen LogP contribution in [0.1, 0.15) is 44.2 Å². The Morgan fingerprint density at radius 3 is 2.17 bits per heavy atom. The highest BCUT2D eigenvalue weighted by Crippen LogP contribution is 2.35. The summed E-state index contributed by atoms with van der Waals surface area (Å²) in [4.78, 5) is 20.9. The van der Waals surface area contributed by atoms with Gasteiger partial charge in [0, 0.05) is 54.9 Å². The van der Waals surface area contributed by atoms with Crippen molar-refractivity contribution in [3.63, 3.8) is 0 Å². The first-order chi connectivity index (χ1) is 19.6. The predicted molar refractivity (Wildman–Crippen MR) is 164 cm³/mol. The van der Waals surface area contributed by atoms with Gasteiger partial charge in [0.1, 0.15) is 15.6 Å². The number of amides is 1. The van der Waals surface area contributed by atoms with Crippen molar-refractivity contribution in [3.8, 4) is 0 Å². The van der Waals surface area contributed by atoms with E-state index in [0.717, 1.165) is 27.0 Å². The summed E-state index contributed by atoms with van der Waals surface area (Å²) >= 11 is 1.24. The summed E-state index contributed by atoms with van der Waals surface area (Å²) in [5.41, 5.74) is 1.77. The number of benzene rings is 2. The molecule has 1 aliphatic heterocycles. The Morgan fingerprint density at radius 2 is 1.59 bits per heavy atom. The van der Waals surface area contributed by atoms with Gasteiger partial charge in [-0.1, -0.05) is 60.7 Å². The molecule has 0 aliphatic carbocycles. The molecule has 0 bridgehead atoms. The van der Waals surface area contributed by atoms with E-state index < -0.39 is 15.6 Å². The average Bonchev–Trinajstić information content (AvgIpc) is 3.41. The summed E-state index contributed by atoms with van der Waals surface area (Å²) in [6, 6.07) is 23.9. The Labute approximate surface area is 246 Å². The highest BCUT2D eigenvalue weighted by atomic mass is 32.2. The fraction of sp³-hybridized carbons (Fsp3) is 0.355. The molecule has 0 unspecified atom stereocenters. The number of nitrogens with zero attached hydrogens (tertiary/aromatic N) is 3. The Hall–Kier alpha value is -3.47. The molecule has 216 valence electrons. The quantitative estimate of drug-likeness (QED) is 0.276. The van der Waals surface area contributed by atoms with Crippen molar-refractivity contribution in [1.82, 2.24) is 14.6 Å². The van der Waals surface area contributed by atoms with Crippen molar-refractivity contribution in [1.29, 1.82) is 0 Å². The summed E-state index contributed by atoms with van der Waals surface area (Å²) in [6.45, 7) is 8.06. The average molecular weight is 593 g/mol. The minimum Gasteiger partial charge on any atom is -0.444 e. The van der Waals surface area contributed by atoms with E-state index in [1.165, 1.54) is 11.3 Å². The van der Waals surface area contributed by atoms with Gasteiger partial charge in [0.05, 0.1) is 0 Å². The molecule has 2 aromatic heterocycles. The van der Waals surface area contributed by atoms with E-state index in [9.17, 15) is 13.2 Å². The highest BCUT2D eigenvalue weighted by Gasteiger charge is 2.28. The Bertz CT molecular complexity index is 1540. The number of piperazine rings is 1. The van der Waals surface area contributed by atoms with E-state index >= 15 is 0 Å². The Kier molecular flexibility index (Phi) is 8.63. The zero-order valence-electron chi connectivity index (χ0n) is 23.6. The monoisotopic (exact) mass is 592 g/mol. The molecule has 0 atom stereocenters. The van der Waals surface area contributed by atoms with Crippen LogP contribution in [0.4, 0.5) is 10.6 Å². The molecule has 3 heterocycles. The van der Waals surface area contributed by atoms with Gasteiger partial charge < -0.3 is 14.5 Å². The third kappa shape index (κ3) is 7.06. The molecule has 0 spiro atoms. The fourth-order valence-electron chi connectivity index (χ4n) is 5.04. The summed E-state index contributed by atoms with van der Waals surface area (Å²) in [7, 11) is -3.71. The van der Waals surface area contributed by atoms with Gasteiger partial charge >= 0.3 is 6.09 Å². The largest absolute Gasteiger partial charge is 0.444 e. The normalized spacial score (nSPS) is 14.5. The molecule has 0 radical (unpaired) electrons. The third-order valence-corrected chi connectivity index (χ3v) is 10.1. The summed E-state index contributed by atoms with van der Waals surface area (Å²) in [6.07, 6.45) is 2.02. The molecule has 10 heteroatoms. The molecule has 1 aliphatic rings. The summed E-state index contributed by atoms with van der Waals surface area (Å²) in [5, 5.41) is 0.801. The molecule has 1 N–H and O–H groups in total. The molecule has 4 aromatic rings. The maximum atomic E-state index is 13.4. The van der Waals surface area contributed by atoms with Crippen LogP contribution in [-0.4, -0.2) is 62.7 Å². The molecule has 5 rings (SSSR count). The van der Waals surface area contributed by atoms with E-state index in [2.05, 4.69) is 38.9 Å². The lowest BCUT2D eigenvalue weighted by atomic mass is 9.89. The number of thiophene rings is 1. The first-order valence-electron chi connectivity index (χ1n) is 13.8. The summed E-state index contributed by atoms with van der Waals surface area (Å²) in [5.74, 6) is 0.815. The number of rotatable bonds is 8. The molecule has 41 heavy (non-hydrogen) atoms. The first kappa shape index (κ1) is 29.0. The van der Waals surface area contributed by atoms with Crippen molar-refractivity contribution in [2.24, 2.45) is 0 Å². The van der Waals surface area contributed by atoms with Crippen molar-refractivity contribution >= 4 is 43.4 Å². The number of anilines is 1. The Balaban J connectivity index is 1.27. The van der Waals surface area contributed by atoms with Crippen LogP contribution >= 0.6 is 11.3 Å². The topological polar surface area (TPSA) is 91.8 Å². The number of nitrogens with one attached hydrogen (secondary N) is 1. The molecule has 1 fully saturated rings. The van der Waals surface area contributed by atoms with Crippen LogP contribution in [-0.2, 0) is 14.8 Å². The zero-order chi connectivity index (χ0) is 29.0. The minimum atomic E-state index is -3.71. The van der Waals surface area contributed by atoms with Crippen LogP contribution in [0.25, 0.3) is 10.1 Å². The van der Waals surface area contributed by atoms with Gasteiger partial charge in [0.25, 0.3) is 0 Å². The lowest BCUT2D eigenvalue weighted by molar-refractivity contribution is 0.0240. The van der Waals surface area contributed by atoms with Gasteiger partial charge in [-0.15, -0.1) is 11.3 Å². The van der Waals surface area contributed by atoms with Gasteiger partial charge in [-0.25, -0.2) is 22.9 Å². The van der Waals surface area contributed by atoms with Crippen molar-refractivity contribution in [3.05, 3.63) is 90.1 Å². The minimum absolute atomic E-state index is 0.0812. The van der Waals surface area contributed by atoms with Crippen LogP contribution in [0.2, 0.25) is 0 Å².